The molecule has 11 nitrogen and oxygen atoms in total. The SMILES string of the molecule is CC[C@H]1COC[C@@H]2c3nc(c(O)c(=O)n31)C(=O)NCc1ccc(F)cc1OC/C=C\CS(=O)(=O)N2C. The van der Waals surface area contributed by atoms with E-state index in [0.717, 1.165) is 10.4 Å². The van der Waals surface area contributed by atoms with E-state index in [1.807, 2.05) is 6.92 Å². The summed E-state index contributed by atoms with van der Waals surface area (Å²) >= 11 is 0. The molecule has 1 amide bonds. The lowest BCUT2D eigenvalue weighted by Gasteiger charge is -2.27. The lowest BCUT2D eigenvalue weighted by Crippen LogP contribution is -2.40. The van der Waals surface area contributed by atoms with Crippen molar-refractivity contribution in [2.45, 2.75) is 32.0 Å². The fourth-order valence-corrected chi connectivity index (χ4v) is 5.25. The summed E-state index contributed by atoms with van der Waals surface area (Å²) in [7, 11) is -2.57. The van der Waals surface area contributed by atoms with Crippen LogP contribution in [0.25, 0.3) is 0 Å². The zero-order valence-electron chi connectivity index (χ0n) is 19.8. The van der Waals surface area contributed by atoms with Crippen LogP contribution in [0.2, 0.25) is 0 Å². The molecule has 0 radical (unpaired) electrons. The van der Waals surface area contributed by atoms with Gasteiger partial charge >= 0.3 is 0 Å². The van der Waals surface area contributed by atoms with Crippen LogP contribution in [0.5, 0.6) is 11.5 Å². The third-order valence-electron chi connectivity index (χ3n) is 6.21. The predicted octanol–water partition coefficient (Wildman–Crippen LogP) is 1.25. The highest BCUT2D eigenvalue weighted by Crippen LogP contribution is 2.29. The Morgan fingerprint density at radius 3 is 2.78 bits per heavy atom. The minimum Gasteiger partial charge on any atom is -0.501 e. The van der Waals surface area contributed by atoms with Crippen LogP contribution < -0.4 is 15.6 Å². The second-order valence-electron chi connectivity index (χ2n) is 8.47. The van der Waals surface area contributed by atoms with Gasteiger partial charge in [-0.3, -0.25) is 14.2 Å². The lowest BCUT2D eigenvalue weighted by atomic mass is 10.1. The first-order chi connectivity index (χ1) is 17.1. The van der Waals surface area contributed by atoms with E-state index >= 15 is 0 Å². The molecule has 1 aromatic heterocycles. The lowest BCUT2D eigenvalue weighted by molar-refractivity contribution is 0.0860. The fraction of sp³-hybridized carbons (Fsp3) is 0.435. The van der Waals surface area contributed by atoms with Crippen molar-refractivity contribution in [2.75, 3.05) is 32.6 Å². The van der Waals surface area contributed by atoms with Gasteiger partial charge in [0.05, 0.1) is 25.0 Å². The van der Waals surface area contributed by atoms with E-state index in [9.17, 15) is 27.5 Å². The summed E-state index contributed by atoms with van der Waals surface area (Å²) in [6.45, 7) is 1.68. The van der Waals surface area contributed by atoms with Gasteiger partial charge in [-0.15, -0.1) is 0 Å². The molecule has 0 aliphatic carbocycles. The molecule has 2 bridgehead atoms. The smallest absolute Gasteiger partial charge is 0.296 e. The van der Waals surface area contributed by atoms with E-state index in [-0.39, 0.29) is 43.7 Å². The van der Waals surface area contributed by atoms with Crippen LogP contribution in [-0.2, 0) is 21.3 Å². The highest BCUT2D eigenvalue weighted by Gasteiger charge is 2.36. The Kier molecular flexibility index (Phi) is 7.43. The molecule has 3 heterocycles. The molecule has 0 unspecified atom stereocenters. The van der Waals surface area contributed by atoms with Gasteiger partial charge in [0.2, 0.25) is 15.8 Å². The molecule has 2 atom stereocenters. The first-order valence-corrected chi connectivity index (χ1v) is 13.0. The second kappa shape index (κ2) is 10.4. The van der Waals surface area contributed by atoms with Crippen molar-refractivity contribution in [3.8, 4) is 11.5 Å². The van der Waals surface area contributed by atoms with Gasteiger partial charge in [-0.25, -0.2) is 17.8 Å². The van der Waals surface area contributed by atoms with Crippen molar-refractivity contribution >= 4 is 15.9 Å². The standard InChI is InChI=1S/C23H27FN4O7S/c1-3-16-12-34-13-17-21-26-19(20(29)23(31)28(16)21)22(30)25-11-14-6-7-15(24)10-18(14)35-8-4-5-9-36(32,33)27(17)2/h4-7,10,16-17,29H,3,8-9,11-13H2,1-2H3,(H,25,30)/b5-4-/t16-,17+/m0/s1. The Labute approximate surface area is 207 Å². The van der Waals surface area contributed by atoms with Crippen molar-refractivity contribution in [1.29, 1.82) is 0 Å². The summed E-state index contributed by atoms with van der Waals surface area (Å²) in [6, 6.07) is 2.23. The van der Waals surface area contributed by atoms with Gasteiger partial charge in [-0.05, 0) is 12.5 Å². The molecule has 2 aliphatic rings. The van der Waals surface area contributed by atoms with Crippen molar-refractivity contribution in [1.82, 2.24) is 19.2 Å². The Balaban J connectivity index is 1.87. The number of aromatic nitrogens is 2. The highest BCUT2D eigenvalue weighted by molar-refractivity contribution is 7.89. The number of sulfonamides is 1. The van der Waals surface area contributed by atoms with Crippen molar-refractivity contribution < 1.29 is 32.2 Å². The Morgan fingerprint density at radius 2 is 2.03 bits per heavy atom. The van der Waals surface area contributed by atoms with Gasteiger partial charge in [-0.2, -0.15) is 4.31 Å². The van der Waals surface area contributed by atoms with Crippen molar-refractivity contribution in [3.05, 3.63) is 63.6 Å². The minimum atomic E-state index is -3.91. The van der Waals surface area contributed by atoms with E-state index in [4.69, 9.17) is 9.47 Å². The number of hydrogen-bond donors (Lipinski definition) is 2. The predicted molar refractivity (Wildman–Crippen MR) is 127 cm³/mol. The average Bonchev–Trinajstić information content (AvgIpc) is 3.03. The fourth-order valence-electron chi connectivity index (χ4n) is 4.09. The van der Waals surface area contributed by atoms with Crippen LogP contribution in [0, 0.1) is 5.82 Å². The number of likely N-dealkylation sites (N-methyl/N-ethyl adjacent to an activating group) is 1. The van der Waals surface area contributed by atoms with E-state index in [1.165, 1.54) is 35.9 Å². The van der Waals surface area contributed by atoms with Crippen molar-refractivity contribution in [2.24, 2.45) is 0 Å². The third-order valence-corrected chi connectivity index (χ3v) is 7.95. The summed E-state index contributed by atoms with van der Waals surface area (Å²) in [5.74, 6) is -2.51. The van der Waals surface area contributed by atoms with E-state index in [2.05, 4.69) is 10.3 Å². The third kappa shape index (κ3) is 4.99. The van der Waals surface area contributed by atoms with E-state index in [0.29, 0.717) is 12.0 Å². The van der Waals surface area contributed by atoms with Crippen LogP contribution in [-0.4, -0.2) is 65.9 Å². The van der Waals surface area contributed by atoms with Crippen molar-refractivity contribution in [3.63, 3.8) is 0 Å². The van der Waals surface area contributed by atoms with Crippen LogP contribution >= 0.6 is 0 Å². The topological polar surface area (TPSA) is 140 Å². The second-order valence-corrected chi connectivity index (χ2v) is 10.5. The van der Waals surface area contributed by atoms with Gasteiger partial charge in [-0.1, -0.05) is 25.1 Å². The molecule has 2 N–H and O–H groups in total. The maximum atomic E-state index is 13.8. The molecule has 0 saturated carbocycles. The number of aromatic hydroxyl groups is 1. The monoisotopic (exact) mass is 522 g/mol. The average molecular weight is 523 g/mol. The number of hydrogen-bond acceptors (Lipinski definition) is 8. The van der Waals surface area contributed by atoms with Gasteiger partial charge < -0.3 is 19.9 Å². The Bertz CT molecular complexity index is 1360. The molecule has 194 valence electrons. The number of carbonyl (C=O) groups excluding carboxylic acids is 1. The number of halogens is 1. The highest BCUT2D eigenvalue weighted by atomic mass is 32.2. The van der Waals surface area contributed by atoms with Gasteiger partial charge in [0.25, 0.3) is 11.5 Å². The number of amides is 1. The number of carbonyl (C=O) groups is 1. The first kappa shape index (κ1) is 25.8. The quantitative estimate of drug-likeness (QED) is 0.534. The minimum absolute atomic E-state index is 0.000235. The Morgan fingerprint density at radius 1 is 1.25 bits per heavy atom. The van der Waals surface area contributed by atoms with Crippen LogP contribution in [0.4, 0.5) is 4.39 Å². The molecule has 13 heteroatoms. The number of ether oxygens (including phenoxy) is 2. The molecule has 0 saturated heterocycles. The zero-order valence-corrected chi connectivity index (χ0v) is 20.6. The number of nitrogens with zero attached hydrogens (tertiary/aromatic N) is 3. The molecule has 4 rings (SSSR count). The summed E-state index contributed by atoms with van der Waals surface area (Å²) in [4.78, 5) is 30.5. The van der Waals surface area contributed by atoms with E-state index in [1.54, 1.807) is 0 Å². The molecular formula is C23H27FN4O7S. The largest absolute Gasteiger partial charge is 0.501 e. The molecule has 36 heavy (non-hydrogen) atoms. The number of fused-ring (bicyclic) bond motifs is 2. The van der Waals surface area contributed by atoms with E-state index < -0.39 is 50.8 Å². The first-order valence-electron chi connectivity index (χ1n) is 11.4. The molecular weight excluding hydrogens is 495 g/mol. The maximum Gasteiger partial charge on any atom is 0.296 e. The summed E-state index contributed by atoms with van der Waals surface area (Å²) < 4.78 is 53.5. The number of nitrogens with one attached hydrogen (secondary N) is 1. The number of rotatable bonds is 1. The molecule has 0 fully saturated rings. The molecule has 0 spiro atoms. The van der Waals surface area contributed by atoms with Crippen LogP contribution in [0.3, 0.4) is 0 Å². The van der Waals surface area contributed by atoms with Gasteiger partial charge in [0.15, 0.2) is 5.69 Å². The normalized spacial score (nSPS) is 23.6. The van der Waals surface area contributed by atoms with Gasteiger partial charge in [0.1, 0.15) is 30.0 Å². The summed E-state index contributed by atoms with van der Waals surface area (Å²) in [6.07, 6.45) is 3.35. The molecule has 2 aliphatic heterocycles. The van der Waals surface area contributed by atoms with Crippen LogP contribution in [0.1, 0.15) is 47.3 Å². The molecule has 2 aromatic rings. The van der Waals surface area contributed by atoms with Gasteiger partial charge in [0, 0.05) is 25.2 Å². The summed E-state index contributed by atoms with van der Waals surface area (Å²) in [5.41, 5.74) is -0.985. The number of benzene rings is 1. The zero-order chi connectivity index (χ0) is 26.0. The molecule has 1 aromatic carbocycles. The summed E-state index contributed by atoms with van der Waals surface area (Å²) in [5, 5.41) is 13.2. The maximum absolute atomic E-state index is 13.8. The Hall–Kier alpha value is -3.29. The van der Waals surface area contributed by atoms with Crippen LogP contribution in [0.15, 0.2) is 35.1 Å².